The fourth-order valence-electron chi connectivity index (χ4n) is 3.57. The van der Waals surface area contributed by atoms with E-state index in [1.807, 2.05) is 36.3 Å². The lowest BCUT2D eigenvalue weighted by Crippen LogP contribution is -2.55. The molecule has 0 aliphatic carbocycles. The summed E-state index contributed by atoms with van der Waals surface area (Å²) in [5.41, 5.74) is 1.83. The third-order valence-corrected chi connectivity index (χ3v) is 5.03. The molecule has 10 heteroatoms. The van der Waals surface area contributed by atoms with Gasteiger partial charge in [-0.3, -0.25) is 14.5 Å². The summed E-state index contributed by atoms with van der Waals surface area (Å²) >= 11 is 0. The SMILES string of the molecule is CN=C(NCc1cccc2c1OCCCO2)N1CCN(c2cnn(C)c2)C(=O)C1.I. The summed E-state index contributed by atoms with van der Waals surface area (Å²) in [6, 6.07) is 5.90. The fourth-order valence-corrected chi connectivity index (χ4v) is 3.57. The van der Waals surface area contributed by atoms with Crippen LogP contribution in [-0.2, 0) is 18.4 Å². The Morgan fingerprint density at radius 1 is 1.27 bits per heavy atom. The first kappa shape index (κ1) is 22.2. The van der Waals surface area contributed by atoms with Gasteiger partial charge in [-0.05, 0) is 6.07 Å². The number of anilines is 1. The number of aliphatic imine (C=N–C) groups is 1. The highest BCUT2D eigenvalue weighted by Gasteiger charge is 2.27. The number of aryl methyl sites for hydroxylation is 1. The van der Waals surface area contributed by atoms with Crippen molar-refractivity contribution in [3.05, 3.63) is 36.2 Å². The molecule has 2 aliphatic rings. The van der Waals surface area contributed by atoms with Crippen molar-refractivity contribution in [2.45, 2.75) is 13.0 Å². The van der Waals surface area contributed by atoms with Crippen LogP contribution in [0.5, 0.6) is 11.5 Å². The Hall–Kier alpha value is -2.50. The molecule has 1 saturated heterocycles. The van der Waals surface area contributed by atoms with Crippen molar-refractivity contribution < 1.29 is 14.3 Å². The molecule has 0 unspecified atom stereocenters. The smallest absolute Gasteiger partial charge is 0.246 e. The van der Waals surface area contributed by atoms with Crippen LogP contribution in [0.3, 0.4) is 0 Å². The minimum absolute atomic E-state index is 0. The molecule has 1 fully saturated rings. The number of hydrogen-bond acceptors (Lipinski definition) is 5. The van der Waals surface area contributed by atoms with E-state index >= 15 is 0 Å². The largest absolute Gasteiger partial charge is 0.490 e. The van der Waals surface area contributed by atoms with Crippen LogP contribution in [-0.4, -0.2) is 66.4 Å². The zero-order valence-corrected chi connectivity index (χ0v) is 19.5. The van der Waals surface area contributed by atoms with Crippen molar-refractivity contribution in [1.82, 2.24) is 20.0 Å². The Balaban J connectivity index is 0.00000256. The predicted octanol–water partition coefficient (Wildman–Crippen LogP) is 1.62. The predicted molar refractivity (Wildman–Crippen MR) is 125 cm³/mol. The Labute approximate surface area is 193 Å². The zero-order chi connectivity index (χ0) is 20.2. The van der Waals surface area contributed by atoms with E-state index in [-0.39, 0.29) is 36.4 Å². The Kier molecular flexibility index (Phi) is 7.40. The molecule has 0 saturated carbocycles. The molecule has 1 amide bonds. The summed E-state index contributed by atoms with van der Waals surface area (Å²) in [4.78, 5) is 20.8. The van der Waals surface area contributed by atoms with Crippen molar-refractivity contribution in [3.63, 3.8) is 0 Å². The number of amides is 1. The third-order valence-electron chi connectivity index (χ3n) is 5.03. The molecule has 0 bridgehead atoms. The molecule has 1 aromatic heterocycles. The van der Waals surface area contributed by atoms with Crippen LogP contribution >= 0.6 is 24.0 Å². The topological polar surface area (TPSA) is 84.2 Å². The van der Waals surface area contributed by atoms with Gasteiger partial charge in [-0.15, -0.1) is 24.0 Å². The van der Waals surface area contributed by atoms with Crippen LogP contribution in [0.15, 0.2) is 35.6 Å². The first-order chi connectivity index (χ1) is 14.2. The van der Waals surface area contributed by atoms with E-state index in [0.717, 1.165) is 29.2 Å². The average molecular weight is 526 g/mol. The molecule has 4 rings (SSSR count). The molecule has 1 aromatic carbocycles. The van der Waals surface area contributed by atoms with Crippen LogP contribution in [0.25, 0.3) is 0 Å². The van der Waals surface area contributed by atoms with Gasteiger partial charge in [0.2, 0.25) is 5.91 Å². The van der Waals surface area contributed by atoms with Gasteiger partial charge in [-0.2, -0.15) is 5.10 Å². The Morgan fingerprint density at radius 2 is 2.10 bits per heavy atom. The molecule has 1 N–H and O–H groups in total. The summed E-state index contributed by atoms with van der Waals surface area (Å²) in [7, 11) is 3.57. The summed E-state index contributed by atoms with van der Waals surface area (Å²) in [6.07, 6.45) is 4.43. The van der Waals surface area contributed by atoms with Crippen LogP contribution in [0, 0.1) is 0 Å². The van der Waals surface area contributed by atoms with Crippen molar-refractivity contribution in [2.75, 3.05) is 44.8 Å². The van der Waals surface area contributed by atoms with Gasteiger partial charge >= 0.3 is 0 Å². The molecule has 2 aliphatic heterocycles. The fraction of sp³-hybridized carbons (Fsp3) is 0.450. The summed E-state index contributed by atoms with van der Waals surface area (Å²) in [6.45, 7) is 3.38. The lowest BCUT2D eigenvalue weighted by Gasteiger charge is -2.35. The van der Waals surface area contributed by atoms with E-state index in [1.54, 1.807) is 22.8 Å². The standard InChI is InChI=1S/C20H26N6O3.HI/c1-21-20(22-11-15-5-3-6-17-19(15)29-10-4-9-28-17)25-7-8-26(18(27)14-25)16-12-23-24(2)13-16;/h3,5-6,12-13H,4,7-11,14H2,1-2H3,(H,21,22);1H. The first-order valence-electron chi connectivity index (χ1n) is 9.78. The number of rotatable bonds is 3. The Morgan fingerprint density at radius 3 is 2.83 bits per heavy atom. The van der Waals surface area contributed by atoms with E-state index in [4.69, 9.17) is 9.47 Å². The number of para-hydroxylation sites is 1. The van der Waals surface area contributed by atoms with Crippen molar-refractivity contribution in [2.24, 2.45) is 12.0 Å². The quantitative estimate of drug-likeness (QED) is 0.372. The second kappa shape index (κ2) is 10.0. The van der Waals surface area contributed by atoms with Gasteiger partial charge in [0.15, 0.2) is 17.5 Å². The molecule has 0 radical (unpaired) electrons. The maximum Gasteiger partial charge on any atom is 0.246 e. The van der Waals surface area contributed by atoms with Crippen LogP contribution in [0.1, 0.15) is 12.0 Å². The lowest BCUT2D eigenvalue weighted by atomic mass is 10.2. The highest BCUT2D eigenvalue weighted by molar-refractivity contribution is 14.0. The van der Waals surface area contributed by atoms with E-state index < -0.39 is 0 Å². The molecule has 162 valence electrons. The van der Waals surface area contributed by atoms with Gasteiger partial charge in [0.1, 0.15) is 6.54 Å². The van der Waals surface area contributed by atoms with E-state index in [9.17, 15) is 4.79 Å². The molecule has 30 heavy (non-hydrogen) atoms. The zero-order valence-electron chi connectivity index (χ0n) is 17.2. The van der Waals surface area contributed by atoms with Crippen molar-refractivity contribution in [3.8, 4) is 11.5 Å². The van der Waals surface area contributed by atoms with Crippen molar-refractivity contribution >= 4 is 41.5 Å². The molecular weight excluding hydrogens is 499 g/mol. The number of benzene rings is 1. The second-order valence-electron chi connectivity index (χ2n) is 7.03. The molecule has 0 spiro atoms. The number of nitrogens with one attached hydrogen (secondary N) is 1. The number of hydrogen-bond donors (Lipinski definition) is 1. The normalized spacial score (nSPS) is 16.7. The number of nitrogens with zero attached hydrogens (tertiary/aromatic N) is 5. The number of halogens is 1. The van der Waals surface area contributed by atoms with E-state index in [1.165, 1.54) is 0 Å². The van der Waals surface area contributed by atoms with Crippen LogP contribution in [0.4, 0.5) is 5.69 Å². The summed E-state index contributed by atoms with van der Waals surface area (Å²) in [5.74, 6) is 2.27. The number of carbonyl (C=O) groups is 1. The number of fused-ring (bicyclic) bond motifs is 1. The molecule has 2 aromatic rings. The maximum atomic E-state index is 12.7. The highest BCUT2D eigenvalue weighted by atomic mass is 127. The molecular formula is C20H27IN6O3. The van der Waals surface area contributed by atoms with Gasteiger partial charge in [-0.25, -0.2) is 0 Å². The number of carbonyl (C=O) groups excluding carboxylic acids is 1. The molecule has 9 nitrogen and oxygen atoms in total. The van der Waals surface area contributed by atoms with E-state index in [2.05, 4.69) is 15.4 Å². The van der Waals surface area contributed by atoms with Crippen molar-refractivity contribution in [1.29, 1.82) is 0 Å². The average Bonchev–Trinajstić information content (AvgIpc) is 3.00. The maximum absolute atomic E-state index is 12.7. The third kappa shape index (κ3) is 4.79. The van der Waals surface area contributed by atoms with Gasteiger partial charge < -0.3 is 24.6 Å². The second-order valence-corrected chi connectivity index (χ2v) is 7.03. The highest BCUT2D eigenvalue weighted by Crippen LogP contribution is 2.33. The van der Waals surface area contributed by atoms with Crippen LogP contribution < -0.4 is 19.7 Å². The molecule has 0 atom stereocenters. The van der Waals surface area contributed by atoms with Gasteiger partial charge in [0.25, 0.3) is 0 Å². The molecule has 3 heterocycles. The lowest BCUT2D eigenvalue weighted by molar-refractivity contribution is -0.120. The minimum Gasteiger partial charge on any atom is -0.490 e. The van der Waals surface area contributed by atoms with Gasteiger partial charge in [-0.1, -0.05) is 12.1 Å². The number of piperazine rings is 1. The van der Waals surface area contributed by atoms with Gasteiger partial charge in [0.05, 0.1) is 25.1 Å². The number of ether oxygens (including phenoxy) is 2. The van der Waals surface area contributed by atoms with Crippen LogP contribution in [0.2, 0.25) is 0 Å². The summed E-state index contributed by atoms with van der Waals surface area (Å²) in [5, 5.41) is 7.51. The first-order valence-corrected chi connectivity index (χ1v) is 9.78. The monoisotopic (exact) mass is 526 g/mol. The number of guanidine groups is 1. The number of aromatic nitrogens is 2. The minimum atomic E-state index is 0. The summed E-state index contributed by atoms with van der Waals surface area (Å²) < 4.78 is 13.3. The Bertz CT molecular complexity index is 916. The van der Waals surface area contributed by atoms with Gasteiger partial charge in [0, 0.05) is 51.9 Å². The van der Waals surface area contributed by atoms with E-state index in [0.29, 0.717) is 38.8 Å².